The molecule has 7 nitrogen and oxygen atoms in total. The summed E-state index contributed by atoms with van der Waals surface area (Å²) >= 11 is 6.10. The average Bonchev–Trinajstić information content (AvgIpc) is 2.51. The Morgan fingerprint density at radius 3 is 2.25 bits per heavy atom. The monoisotopic (exact) mass is 375 g/mol. The fourth-order valence-electron chi connectivity index (χ4n) is 2.51. The van der Waals surface area contributed by atoms with Crippen molar-refractivity contribution in [3.05, 3.63) is 28.3 Å². The van der Waals surface area contributed by atoms with Gasteiger partial charge in [-0.05, 0) is 37.1 Å². The van der Waals surface area contributed by atoms with E-state index in [9.17, 15) is 13.2 Å². The summed E-state index contributed by atoms with van der Waals surface area (Å²) in [6, 6.07) is 3.35. The minimum atomic E-state index is -3.20. The van der Waals surface area contributed by atoms with Crippen LogP contribution in [0.2, 0.25) is 5.02 Å². The second kappa shape index (κ2) is 7.58. The number of urea groups is 1. The Labute approximate surface area is 147 Å². The minimum Gasteiger partial charge on any atom is -0.473 e. The van der Waals surface area contributed by atoms with Crippen LogP contribution in [0.4, 0.5) is 4.79 Å². The van der Waals surface area contributed by atoms with Gasteiger partial charge in [-0.3, -0.25) is 0 Å². The van der Waals surface area contributed by atoms with E-state index in [4.69, 9.17) is 16.3 Å². The maximum absolute atomic E-state index is 12.1. The molecule has 0 bridgehead atoms. The van der Waals surface area contributed by atoms with Crippen LogP contribution < -0.4 is 10.1 Å². The summed E-state index contributed by atoms with van der Waals surface area (Å²) in [7, 11) is -3.20. The smallest absolute Gasteiger partial charge is 0.320 e. The molecule has 2 rings (SSSR count). The number of nitrogens with zero attached hydrogens (tertiary/aromatic N) is 2. The standard InChI is InChI=1S/C15H22ClN3O4S/c1-11-8-13(9-12(2)14(11)16)23-10-17-15(20)18-4-6-19(7-5-18)24(3,21)22/h8-9H,4-7,10H2,1-3H3,(H,17,20). The van der Waals surface area contributed by atoms with Crippen molar-refractivity contribution in [1.29, 1.82) is 0 Å². The van der Waals surface area contributed by atoms with Gasteiger partial charge < -0.3 is 15.0 Å². The van der Waals surface area contributed by atoms with Gasteiger partial charge in [0.15, 0.2) is 6.73 Å². The Kier molecular flexibility index (Phi) is 5.95. The molecule has 1 N–H and O–H groups in total. The van der Waals surface area contributed by atoms with Crippen LogP contribution >= 0.6 is 11.6 Å². The molecule has 2 amide bonds. The third kappa shape index (κ3) is 4.75. The van der Waals surface area contributed by atoms with Gasteiger partial charge in [-0.1, -0.05) is 11.6 Å². The number of halogens is 1. The Morgan fingerprint density at radius 2 is 1.75 bits per heavy atom. The summed E-state index contributed by atoms with van der Waals surface area (Å²) in [5.41, 5.74) is 1.82. The molecular weight excluding hydrogens is 354 g/mol. The number of aryl methyl sites for hydroxylation is 2. The van der Waals surface area contributed by atoms with E-state index >= 15 is 0 Å². The summed E-state index contributed by atoms with van der Waals surface area (Å²) in [6.07, 6.45) is 1.17. The maximum Gasteiger partial charge on any atom is 0.320 e. The van der Waals surface area contributed by atoms with Crippen LogP contribution in [0.5, 0.6) is 5.75 Å². The van der Waals surface area contributed by atoms with E-state index in [1.165, 1.54) is 10.6 Å². The molecule has 0 spiro atoms. The molecule has 0 aromatic heterocycles. The van der Waals surface area contributed by atoms with E-state index in [1.807, 2.05) is 26.0 Å². The molecular formula is C15H22ClN3O4S. The molecule has 0 saturated carbocycles. The zero-order valence-electron chi connectivity index (χ0n) is 14.0. The molecule has 0 unspecified atom stereocenters. The molecule has 1 fully saturated rings. The molecule has 1 aromatic carbocycles. The van der Waals surface area contributed by atoms with E-state index in [0.29, 0.717) is 37.0 Å². The highest BCUT2D eigenvalue weighted by atomic mass is 35.5. The fourth-order valence-corrected chi connectivity index (χ4v) is 3.44. The van der Waals surface area contributed by atoms with Crippen molar-refractivity contribution in [1.82, 2.24) is 14.5 Å². The lowest BCUT2D eigenvalue weighted by Crippen LogP contribution is -2.53. The van der Waals surface area contributed by atoms with Crippen molar-refractivity contribution in [3.8, 4) is 5.75 Å². The molecule has 1 aliphatic heterocycles. The number of sulfonamides is 1. The Hall–Kier alpha value is -1.51. The molecule has 0 radical (unpaired) electrons. The predicted octanol–water partition coefficient (Wildman–Crippen LogP) is 1.58. The van der Waals surface area contributed by atoms with Crippen LogP contribution in [0.15, 0.2) is 12.1 Å². The first-order chi connectivity index (χ1) is 11.2. The zero-order valence-corrected chi connectivity index (χ0v) is 15.6. The van der Waals surface area contributed by atoms with Crippen molar-refractivity contribution in [3.63, 3.8) is 0 Å². The largest absolute Gasteiger partial charge is 0.473 e. The van der Waals surface area contributed by atoms with Gasteiger partial charge in [0.1, 0.15) is 5.75 Å². The first-order valence-electron chi connectivity index (χ1n) is 7.56. The number of amides is 2. The summed E-state index contributed by atoms with van der Waals surface area (Å²) < 4.78 is 29.8. The van der Waals surface area contributed by atoms with Crippen molar-refractivity contribution in [2.45, 2.75) is 13.8 Å². The maximum atomic E-state index is 12.1. The quantitative estimate of drug-likeness (QED) is 0.810. The average molecular weight is 376 g/mol. The molecule has 1 heterocycles. The Balaban J connectivity index is 1.80. The van der Waals surface area contributed by atoms with Gasteiger partial charge in [0.2, 0.25) is 10.0 Å². The lowest BCUT2D eigenvalue weighted by Gasteiger charge is -2.33. The van der Waals surface area contributed by atoms with Crippen LogP contribution in [-0.2, 0) is 10.0 Å². The summed E-state index contributed by atoms with van der Waals surface area (Å²) in [5, 5.41) is 3.38. The molecule has 0 aliphatic carbocycles. The predicted molar refractivity (Wildman–Crippen MR) is 92.9 cm³/mol. The Bertz CT molecular complexity index is 692. The first kappa shape index (κ1) is 18.8. The van der Waals surface area contributed by atoms with Crippen molar-refractivity contribution in [2.75, 3.05) is 39.2 Å². The highest BCUT2D eigenvalue weighted by Crippen LogP contribution is 2.25. The van der Waals surface area contributed by atoms with Crippen LogP contribution in [0.1, 0.15) is 11.1 Å². The van der Waals surface area contributed by atoms with Gasteiger partial charge in [0.05, 0.1) is 6.26 Å². The number of piperazine rings is 1. The minimum absolute atomic E-state index is 0.0334. The normalized spacial score (nSPS) is 16.1. The molecule has 1 aromatic rings. The van der Waals surface area contributed by atoms with Gasteiger partial charge >= 0.3 is 6.03 Å². The van der Waals surface area contributed by atoms with Crippen LogP contribution in [-0.4, -0.2) is 62.8 Å². The molecule has 24 heavy (non-hydrogen) atoms. The third-order valence-electron chi connectivity index (χ3n) is 3.87. The highest BCUT2D eigenvalue weighted by Gasteiger charge is 2.25. The molecule has 0 atom stereocenters. The topological polar surface area (TPSA) is 79.0 Å². The van der Waals surface area contributed by atoms with Gasteiger partial charge in [-0.2, -0.15) is 4.31 Å². The summed E-state index contributed by atoms with van der Waals surface area (Å²) in [5.74, 6) is 0.636. The Morgan fingerprint density at radius 1 is 1.21 bits per heavy atom. The van der Waals surface area contributed by atoms with Gasteiger partial charge in [0, 0.05) is 31.2 Å². The first-order valence-corrected chi connectivity index (χ1v) is 9.78. The van der Waals surface area contributed by atoms with Crippen molar-refractivity contribution < 1.29 is 17.9 Å². The number of hydrogen-bond acceptors (Lipinski definition) is 4. The highest BCUT2D eigenvalue weighted by molar-refractivity contribution is 7.88. The second-order valence-corrected chi connectivity index (χ2v) is 8.15. The SMILES string of the molecule is Cc1cc(OCNC(=O)N2CCN(S(C)(=O)=O)CC2)cc(C)c1Cl. The van der Waals surface area contributed by atoms with Crippen LogP contribution in [0.25, 0.3) is 0 Å². The number of ether oxygens (including phenoxy) is 1. The van der Waals surface area contributed by atoms with E-state index in [-0.39, 0.29) is 12.8 Å². The fraction of sp³-hybridized carbons (Fsp3) is 0.533. The number of hydrogen-bond donors (Lipinski definition) is 1. The summed E-state index contributed by atoms with van der Waals surface area (Å²) in [4.78, 5) is 13.7. The number of carbonyl (C=O) groups excluding carboxylic acids is 1. The molecule has 1 aliphatic rings. The van der Waals surface area contributed by atoms with E-state index in [2.05, 4.69) is 5.32 Å². The number of nitrogens with one attached hydrogen (secondary N) is 1. The lowest BCUT2D eigenvalue weighted by atomic mass is 10.1. The van der Waals surface area contributed by atoms with Crippen LogP contribution in [0, 0.1) is 13.8 Å². The third-order valence-corrected chi connectivity index (χ3v) is 5.77. The lowest BCUT2D eigenvalue weighted by molar-refractivity contribution is 0.162. The van der Waals surface area contributed by atoms with Crippen LogP contribution in [0.3, 0.4) is 0 Å². The van der Waals surface area contributed by atoms with Gasteiger partial charge in [-0.25, -0.2) is 13.2 Å². The zero-order chi connectivity index (χ0) is 17.9. The van der Waals surface area contributed by atoms with E-state index < -0.39 is 10.0 Å². The number of carbonyl (C=O) groups is 1. The number of benzene rings is 1. The van der Waals surface area contributed by atoms with E-state index in [1.54, 1.807) is 4.90 Å². The molecule has 134 valence electrons. The number of rotatable bonds is 4. The van der Waals surface area contributed by atoms with E-state index in [0.717, 1.165) is 11.1 Å². The van der Waals surface area contributed by atoms with Gasteiger partial charge in [0.25, 0.3) is 0 Å². The molecule has 9 heteroatoms. The second-order valence-electron chi connectivity index (χ2n) is 5.79. The summed E-state index contributed by atoms with van der Waals surface area (Å²) in [6.45, 7) is 5.15. The van der Waals surface area contributed by atoms with Crippen molar-refractivity contribution >= 4 is 27.7 Å². The van der Waals surface area contributed by atoms with Crippen molar-refractivity contribution in [2.24, 2.45) is 0 Å². The molecule has 1 saturated heterocycles. The van der Waals surface area contributed by atoms with Gasteiger partial charge in [-0.15, -0.1) is 0 Å².